The number of sulfone groups is 1. The lowest BCUT2D eigenvalue weighted by Gasteiger charge is -2.10. The molecule has 110 valence electrons. The van der Waals surface area contributed by atoms with Crippen LogP contribution in [0.15, 0.2) is 24.3 Å². The van der Waals surface area contributed by atoms with E-state index in [2.05, 4.69) is 5.32 Å². The van der Waals surface area contributed by atoms with Crippen LogP contribution >= 0.6 is 11.6 Å². The van der Waals surface area contributed by atoms with Crippen LogP contribution in [0.2, 0.25) is 5.02 Å². The van der Waals surface area contributed by atoms with Crippen LogP contribution < -0.4 is 5.32 Å². The number of hydrogen-bond acceptors (Lipinski definition) is 4. The molecule has 0 radical (unpaired) electrons. The Morgan fingerprint density at radius 3 is 2.65 bits per heavy atom. The summed E-state index contributed by atoms with van der Waals surface area (Å²) in [7, 11) is -3.46. The van der Waals surface area contributed by atoms with Crippen LogP contribution in [0.3, 0.4) is 0 Å². The summed E-state index contributed by atoms with van der Waals surface area (Å²) in [5.41, 5.74) is 0.520. The topological polar surface area (TPSA) is 72.5 Å². The number of anilines is 1. The monoisotopic (exact) mass is 317 g/mol. The zero-order chi connectivity index (χ0) is 14.6. The molecule has 1 aliphatic heterocycles. The van der Waals surface area contributed by atoms with Crippen molar-refractivity contribution in [3.8, 4) is 0 Å². The SMILES string of the molecule is O=C(CS(=O)(=O)CC1CCCO1)Nc1ccc(Cl)cc1. The van der Waals surface area contributed by atoms with Crippen molar-refractivity contribution in [2.24, 2.45) is 0 Å². The second-order valence-corrected chi connectivity index (χ2v) is 7.29. The van der Waals surface area contributed by atoms with E-state index < -0.39 is 21.5 Å². The predicted octanol–water partition coefficient (Wildman–Crippen LogP) is 1.87. The van der Waals surface area contributed by atoms with Crippen LogP contribution in [-0.4, -0.2) is 38.5 Å². The number of halogens is 1. The van der Waals surface area contributed by atoms with Gasteiger partial charge in [-0.25, -0.2) is 8.42 Å². The van der Waals surface area contributed by atoms with Gasteiger partial charge in [0.15, 0.2) is 9.84 Å². The maximum absolute atomic E-state index is 11.9. The molecule has 0 aliphatic carbocycles. The van der Waals surface area contributed by atoms with Crippen molar-refractivity contribution in [3.05, 3.63) is 29.3 Å². The minimum Gasteiger partial charge on any atom is -0.377 e. The van der Waals surface area contributed by atoms with Gasteiger partial charge >= 0.3 is 0 Å². The summed E-state index contributed by atoms with van der Waals surface area (Å²) in [6, 6.07) is 6.48. The van der Waals surface area contributed by atoms with Crippen LogP contribution in [0.25, 0.3) is 0 Å². The average molecular weight is 318 g/mol. The fourth-order valence-electron chi connectivity index (χ4n) is 2.05. The molecule has 0 bridgehead atoms. The largest absolute Gasteiger partial charge is 0.377 e. The van der Waals surface area contributed by atoms with Gasteiger partial charge in [0.2, 0.25) is 5.91 Å². The Hall–Kier alpha value is -1.11. The predicted molar refractivity (Wildman–Crippen MR) is 77.7 cm³/mol. The summed E-state index contributed by atoms with van der Waals surface area (Å²) in [6.45, 7) is 0.594. The summed E-state index contributed by atoms with van der Waals surface area (Å²) in [4.78, 5) is 11.7. The normalized spacial score (nSPS) is 18.9. The highest BCUT2D eigenvalue weighted by Crippen LogP contribution is 2.15. The van der Waals surface area contributed by atoms with Gasteiger partial charge in [0, 0.05) is 17.3 Å². The van der Waals surface area contributed by atoms with Gasteiger partial charge in [-0.1, -0.05) is 11.6 Å². The molecule has 1 aromatic rings. The molecule has 1 aliphatic rings. The third kappa shape index (κ3) is 4.77. The molecular weight excluding hydrogens is 302 g/mol. The van der Waals surface area contributed by atoms with Gasteiger partial charge < -0.3 is 10.1 Å². The number of nitrogens with one attached hydrogen (secondary N) is 1. The van der Waals surface area contributed by atoms with E-state index in [0.717, 1.165) is 12.8 Å². The minimum absolute atomic E-state index is 0.0962. The maximum Gasteiger partial charge on any atom is 0.239 e. The molecule has 0 saturated carbocycles. The number of hydrogen-bond donors (Lipinski definition) is 1. The second kappa shape index (κ2) is 6.56. The Labute approximate surface area is 123 Å². The van der Waals surface area contributed by atoms with Crippen molar-refractivity contribution in [1.29, 1.82) is 0 Å². The number of benzene rings is 1. The molecule has 1 heterocycles. The minimum atomic E-state index is -3.46. The highest BCUT2D eigenvalue weighted by molar-refractivity contribution is 7.92. The summed E-state index contributed by atoms with van der Waals surface area (Å²) in [5.74, 6) is -1.18. The lowest BCUT2D eigenvalue weighted by Crippen LogP contribution is -2.29. The van der Waals surface area contributed by atoms with E-state index >= 15 is 0 Å². The molecule has 2 rings (SSSR count). The smallest absolute Gasteiger partial charge is 0.239 e. The fourth-order valence-corrected chi connectivity index (χ4v) is 3.59. The molecule has 1 aromatic carbocycles. The van der Waals surface area contributed by atoms with E-state index in [9.17, 15) is 13.2 Å². The quantitative estimate of drug-likeness (QED) is 0.900. The van der Waals surface area contributed by atoms with E-state index in [4.69, 9.17) is 16.3 Å². The number of amides is 1. The molecule has 0 aromatic heterocycles. The van der Waals surface area contributed by atoms with E-state index in [0.29, 0.717) is 17.3 Å². The third-order valence-corrected chi connectivity index (χ3v) is 4.78. The summed E-state index contributed by atoms with van der Waals surface area (Å²) in [5, 5.41) is 3.08. The zero-order valence-corrected chi connectivity index (χ0v) is 12.4. The molecule has 20 heavy (non-hydrogen) atoms. The van der Waals surface area contributed by atoms with Gasteiger partial charge in [-0.05, 0) is 37.1 Å². The molecule has 1 amide bonds. The molecule has 0 spiro atoms. The van der Waals surface area contributed by atoms with Crippen molar-refractivity contribution in [1.82, 2.24) is 0 Å². The lowest BCUT2D eigenvalue weighted by molar-refractivity contribution is -0.113. The zero-order valence-electron chi connectivity index (χ0n) is 10.8. The Bertz CT molecular complexity index is 565. The van der Waals surface area contributed by atoms with E-state index in [1.54, 1.807) is 24.3 Å². The van der Waals surface area contributed by atoms with Crippen LogP contribution in [0.1, 0.15) is 12.8 Å². The number of ether oxygens (including phenoxy) is 1. The van der Waals surface area contributed by atoms with Gasteiger partial charge in [0.05, 0.1) is 11.9 Å². The van der Waals surface area contributed by atoms with Crippen LogP contribution in [0, 0.1) is 0 Å². The molecule has 5 nitrogen and oxygen atoms in total. The van der Waals surface area contributed by atoms with E-state index in [-0.39, 0.29) is 11.9 Å². The molecule has 1 saturated heterocycles. The van der Waals surface area contributed by atoms with E-state index in [1.807, 2.05) is 0 Å². The molecule has 1 N–H and O–H groups in total. The van der Waals surface area contributed by atoms with Crippen molar-refractivity contribution < 1.29 is 17.9 Å². The standard InChI is InChI=1S/C13H16ClNO4S/c14-10-3-5-11(6-4-10)15-13(16)9-20(17,18)8-12-2-1-7-19-12/h3-6,12H,1-2,7-9H2,(H,15,16). The highest BCUT2D eigenvalue weighted by Gasteiger charge is 2.25. The Balaban J connectivity index is 1.88. The van der Waals surface area contributed by atoms with Gasteiger partial charge in [-0.15, -0.1) is 0 Å². The number of rotatable bonds is 5. The Kier molecular flexibility index (Phi) is 5.01. The summed E-state index contributed by atoms with van der Waals surface area (Å²) in [6.07, 6.45) is 1.33. The highest BCUT2D eigenvalue weighted by atomic mass is 35.5. The van der Waals surface area contributed by atoms with E-state index in [1.165, 1.54) is 0 Å². The van der Waals surface area contributed by atoms with Gasteiger partial charge in [0.25, 0.3) is 0 Å². The summed E-state index contributed by atoms with van der Waals surface area (Å²) >= 11 is 5.73. The molecule has 1 fully saturated rings. The first kappa shape index (κ1) is 15.3. The second-order valence-electron chi connectivity index (χ2n) is 4.74. The van der Waals surface area contributed by atoms with Crippen LogP contribution in [0.5, 0.6) is 0 Å². The molecule has 7 heteroatoms. The maximum atomic E-state index is 11.9. The first-order valence-electron chi connectivity index (χ1n) is 6.32. The average Bonchev–Trinajstić information content (AvgIpc) is 2.83. The first-order valence-corrected chi connectivity index (χ1v) is 8.52. The number of carbonyl (C=O) groups excluding carboxylic acids is 1. The van der Waals surface area contributed by atoms with Crippen molar-refractivity contribution >= 4 is 33.0 Å². The Morgan fingerprint density at radius 1 is 1.35 bits per heavy atom. The van der Waals surface area contributed by atoms with Crippen LogP contribution in [0.4, 0.5) is 5.69 Å². The van der Waals surface area contributed by atoms with Gasteiger partial charge in [0.1, 0.15) is 5.75 Å². The number of carbonyl (C=O) groups is 1. The first-order chi connectivity index (χ1) is 9.44. The molecule has 1 atom stereocenters. The lowest BCUT2D eigenvalue weighted by atomic mass is 10.3. The van der Waals surface area contributed by atoms with Crippen molar-refractivity contribution in [2.45, 2.75) is 18.9 Å². The van der Waals surface area contributed by atoms with Crippen molar-refractivity contribution in [2.75, 3.05) is 23.4 Å². The fraction of sp³-hybridized carbons (Fsp3) is 0.462. The third-order valence-electron chi connectivity index (χ3n) is 2.94. The molecular formula is C13H16ClNO4S. The van der Waals surface area contributed by atoms with Crippen molar-refractivity contribution in [3.63, 3.8) is 0 Å². The Morgan fingerprint density at radius 2 is 2.05 bits per heavy atom. The van der Waals surface area contributed by atoms with Crippen LogP contribution in [-0.2, 0) is 19.4 Å². The summed E-state index contributed by atoms with van der Waals surface area (Å²) < 4.78 is 29.0. The molecule has 1 unspecified atom stereocenters. The van der Waals surface area contributed by atoms with Gasteiger partial charge in [-0.3, -0.25) is 4.79 Å². The van der Waals surface area contributed by atoms with Gasteiger partial charge in [-0.2, -0.15) is 0 Å².